The van der Waals surface area contributed by atoms with Gasteiger partial charge in [0.05, 0.1) is 11.4 Å². The molecule has 0 aromatic heterocycles. The standard InChI is InChI=1S/C13H19F3N2O/c1-3-5-18(6-4-2)11-8-12(19-13(15)16)9(14)7-10(11)17/h7-8,13H,3-6,17H2,1-2H3. The summed E-state index contributed by atoms with van der Waals surface area (Å²) in [5.74, 6) is -1.36. The van der Waals surface area contributed by atoms with Crippen molar-refractivity contribution in [3.05, 3.63) is 17.9 Å². The molecule has 1 rings (SSSR count). The molecule has 6 heteroatoms. The Balaban J connectivity index is 3.09. The van der Waals surface area contributed by atoms with Crippen LogP contribution in [-0.2, 0) is 0 Å². The first kappa shape index (κ1) is 15.5. The molecule has 0 aliphatic heterocycles. The van der Waals surface area contributed by atoms with Crippen molar-refractivity contribution >= 4 is 11.4 Å². The summed E-state index contributed by atoms with van der Waals surface area (Å²) in [6.45, 7) is 2.38. The minimum atomic E-state index is -3.06. The highest BCUT2D eigenvalue weighted by atomic mass is 19.3. The Bertz CT molecular complexity index is 407. The van der Waals surface area contributed by atoms with Gasteiger partial charge in [0.2, 0.25) is 0 Å². The number of hydrogen-bond donors (Lipinski definition) is 1. The second-order valence-electron chi connectivity index (χ2n) is 4.21. The van der Waals surface area contributed by atoms with Crippen LogP contribution in [0.15, 0.2) is 12.1 Å². The minimum Gasteiger partial charge on any atom is -0.432 e. The first-order valence-electron chi connectivity index (χ1n) is 6.28. The van der Waals surface area contributed by atoms with E-state index in [1.807, 2.05) is 18.7 Å². The van der Waals surface area contributed by atoms with E-state index < -0.39 is 18.2 Å². The molecule has 3 nitrogen and oxygen atoms in total. The van der Waals surface area contributed by atoms with Crippen molar-refractivity contribution in [1.82, 2.24) is 0 Å². The number of ether oxygens (including phenoxy) is 1. The molecule has 0 fully saturated rings. The zero-order chi connectivity index (χ0) is 14.4. The second kappa shape index (κ2) is 7.11. The van der Waals surface area contributed by atoms with E-state index in [1.165, 1.54) is 6.07 Å². The number of benzene rings is 1. The van der Waals surface area contributed by atoms with E-state index in [2.05, 4.69) is 4.74 Å². The Morgan fingerprint density at radius 2 is 1.79 bits per heavy atom. The van der Waals surface area contributed by atoms with Crippen molar-refractivity contribution in [3.8, 4) is 5.75 Å². The van der Waals surface area contributed by atoms with E-state index in [0.29, 0.717) is 5.69 Å². The van der Waals surface area contributed by atoms with Crippen LogP contribution in [0.2, 0.25) is 0 Å². The summed E-state index contributed by atoms with van der Waals surface area (Å²) in [6.07, 6.45) is 1.75. The molecule has 0 radical (unpaired) electrons. The largest absolute Gasteiger partial charge is 0.432 e. The van der Waals surface area contributed by atoms with Crippen molar-refractivity contribution in [2.24, 2.45) is 0 Å². The molecule has 108 valence electrons. The third-order valence-electron chi connectivity index (χ3n) is 2.62. The van der Waals surface area contributed by atoms with Gasteiger partial charge in [0.15, 0.2) is 11.6 Å². The number of alkyl halides is 2. The fourth-order valence-corrected chi connectivity index (χ4v) is 1.91. The molecule has 2 N–H and O–H groups in total. The lowest BCUT2D eigenvalue weighted by Gasteiger charge is -2.26. The first-order chi connectivity index (χ1) is 8.99. The van der Waals surface area contributed by atoms with Crippen LogP contribution in [0.1, 0.15) is 26.7 Å². The van der Waals surface area contributed by atoms with Gasteiger partial charge in [-0.15, -0.1) is 0 Å². The molecule has 0 unspecified atom stereocenters. The molecule has 1 aromatic rings. The van der Waals surface area contributed by atoms with Gasteiger partial charge in [-0.1, -0.05) is 13.8 Å². The molecule has 0 aliphatic carbocycles. The van der Waals surface area contributed by atoms with Gasteiger partial charge in [-0.3, -0.25) is 0 Å². The normalized spacial score (nSPS) is 10.8. The van der Waals surface area contributed by atoms with Crippen LogP contribution < -0.4 is 15.4 Å². The number of hydrogen-bond acceptors (Lipinski definition) is 3. The lowest BCUT2D eigenvalue weighted by atomic mass is 10.2. The van der Waals surface area contributed by atoms with Crippen molar-refractivity contribution in [2.45, 2.75) is 33.3 Å². The fourth-order valence-electron chi connectivity index (χ4n) is 1.91. The van der Waals surface area contributed by atoms with Gasteiger partial charge in [-0.25, -0.2) is 4.39 Å². The summed E-state index contributed by atoms with van der Waals surface area (Å²) < 4.78 is 42.0. The van der Waals surface area contributed by atoms with Gasteiger partial charge in [0.25, 0.3) is 0 Å². The third-order valence-corrected chi connectivity index (χ3v) is 2.62. The Morgan fingerprint density at radius 3 is 2.26 bits per heavy atom. The zero-order valence-corrected chi connectivity index (χ0v) is 11.1. The predicted octanol–water partition coefficient (Wildman–Crippen LogP) is 3.64. The number of halogens is 3. The maximum Gasteiger partial charge on any atom is 0.387 e. The fraction of sp³-hybridized carbons (Fsp3) is 0.538. The van der Waals surface area contributed by atoms with Crippen LogP contribution in [0, 0.1) is 5.82 Å². The molecular formula is C13H19F3N2O. The van der Waals surface area contributed by atoms with E-state index in [0.717, 1.165) is 32.0 Å². The van der Waals surface area contributed by atoms with Crippen LogP contribution in [0.5, 0.6) is 5.75 Å². The number of rotatable bonds is 7. The van der Waals surface area contributed by atoms with Gasteiger partial charge in [0.1, 0.15) is 0 Å². The quantitative estimate of drug-likeness (QED) is 0.773. The lowest BCUT2D eigenvalue weighted by Crippen LogP contribution is -2.26. The van der Waals surface area contributed by atoms with Gasteiger partial charge in [-0.05, 0) is 12.8 Å². The summed E-state index contributed by atoms with van der Waals surface area (Å²) in [5.41, 5.74) is 6.51. The number of nitrogen functional groups attached to an aromatic ring is 1. The van der Waals surface area contributed by atoms with E-state index >= 15 is 0 Å². The molecule has 0 bridgehead atoms. The maximum absolute atomic E-state index is 13.5. The molecule has 0 atom stereocenters. The summed E-state index contributed by atoms with van der Waals surface area (Å²) in [6, 6.07) is 2.26. The van der Waals surface area contributed by atoms with Crippen LogP contribution in [0.4, 0.5) is 24.5 Å². The summed E-state index contributed by atoms with van der Waals surface area (Å²) in [4.78, 5) is 1.94. The molecule has 19 heavy (non-hydrogen) atoms. The van der Waals surface area contributed by atoms with Crippen molar-refractivity contribution in [3.63, 3.8) is 0 Å². The summed E-state index contributed by atoms with van der Waals surface area (Å²) in [7, 11) is 0. The highest BCUT2D eigenvalue weighted by molar-refractivity contribution is 5.70. The van der Waals surface area contributed by atoms with Crippen molar-refractivity contribution in [2.75, 3.05) is 23.7 Å². The van der Waals surface area contributed by atoms with E-state index in [-0.39, 0.29) is 5.69 Å². The number of anilines is 2. The van der Waals surface area contributed by atoms with Gasteiger partial charge in [0, 0.05) is 25.2 Å². The van der Waals surface area contributed by atoms with Crippen LogP contribution >= 0.6 is 0 Å². The van der Waals surface area contributed by atoms with Crippen molar-refractivity contribution in [1.29, 1.82) is 0 Å². The molecule has 0 heterocycles. The molecular weight excluding hydrogens is 257 g/mol. The van der Waals surface area contributed by atoms with E-state index in [1.54, 1.807) is 0 Å². The lowest BCUT2D eigenvalue weighted by molar-refractivity contribution is -0.0521. The molecule has 0 saturated heterocycles. The average molecular weight is 276 g/mol. The third kappa shape index (κ3) is 4.22. The summed E-state index contributed by atoms with van der Waals surface area (Å²) in [5, 5.41) is 0. The van der Waals surface area contributed by atoms with Crippen LogP contribution in [-0.4, -0.2) is 19.7 Å². The van der Waals surface area contributed by atoms with Gasteiger partial charge in [-0.2, -0.15) is 8.78 Å². The predicted molar refractivity (Wildman–Crippen MR) is 70.2 cm³/mol. The van der Waals surface area contributed by atoms with Crippen molar-refractivity contribution < 1.29 is 17.9 Å². The molecule has 0 saturated carbocycles. The van der Waals surface area contributed by atoms with E-state index in [9.17, 15) is 13.2 Å². The SMILES string of the molecule is CCCN(CCC)c1cc(OC(F)F)c(F)cc1N. The molecule has 1 aromatic carbocycles. The monoisotopic (exact) mass is 276 g/mol. The topological polar surface area (TPSA) is 38.5 Å². The molecule has 0 aliphatic rings. The highest BCUT2D eigenvalue weighted by Crippen LogP contribution is 2.32. The minimum absolute atomic E-state index is 0.223. The Hall–Kier alpha value is -1.59. The number of nitrogens with two attached hydrogens (primary N) is 1. The van der Waals surface area contributed by atoms with E-state index in [4.69, 9.17) is 5.73 Å². The Morgan fingerprint density at radius 1 is 1.21 bits per heavy atom. The van der Waals surface area contributed by atoms with Crippen LogP contribution in [0.25, 0.3) is 0 Å². The smallest absolute Gasteiger partial charge is 0.387 e. The Labute approximate surface area is 111 Å². The molecule has 0 spiro atoms. The Kier molecular flexibility index (Phi) is 5.79. The van der Waals surface area contributed by atoms with Gasteiger partial charge >= 0.3 is 6.61 Å². The molecule has 0 amide bonds. The average Bonchev–Trinajstić information content (AvgIpc) is 2.32. The second-order valence-corrected chi connectivity index (χ2v) is 4.21. The maximum atomic E-state index is 13.5. The zero-order valence-electron chi connectivity index (χ0n) is 11.1. The summed E-state index contributed by atoms with van der Waals surface area (Å²) >= 11 is 0. The highest BCUT2D eigenvalue weighted by Gasteiger charge is 2.16. The van der Waals surface area contributed by atoms with Gasteiger partial charge < -0.3 is 15.4 Å². The first-order valence-corrected chi connectivity index (χ1v) is 6.28. The number of nitrogens with zero attached hydrogens (tertiary/aromatic N) is 1. The van der Waals surface area contributed by atoms with Crippen LogP contribution in [0.3, 0.4) is 0 Å².